The summed E-state index contributed by atoms with van der Waals surface area (Å²) < 4.78 is 27.0. The maximum atomic E-state index is 13.8. The molecular weight excluding hydrogens is 438 g/mol. The molecule has 0 radical (unpaired) electrons. The number of amides is 2. The summed E-state index contributed by atoms with van der Waals surface area (Å²) in [6.45, 7) is 7.07. The standard InChI is InChI=1S/C25H39N3O4S/c1-5-15-33(31,32)27-17-23(29)28(22-16-19(2)13-14-20(22)3)25(4,18-27)24(30)26-21-11-9-7-6-8-10-12-21/h13-14,16,21H,5-12,15,17-18H2,1-4H3,(H,26,30). The van der Waals surface area contributed by atoms with E-state index in [9.17, 15) is 18.0 Å². The molecule has 7 nitrogen and oxygen atoms in total. The quantitative estimate of drug-likeness (QED) is 0.677. The monoisotopic (exact) mass is 477 g/mol. The van der Waals surface area contributed by atoms with Gasteiger partial charge in [0.25, 0.3) is 0 Å². The molecule has 0 bridgehead atoms. The molecule has 1 saturated carbocycles. The van der Waals surface area contributed by atoms with E-state index >= 15 is 0 Å². The van der Waals surface area contributed by atoms with Crippen LogP contribution in [0.5, 0.6) is 0 Å². The zero-order valence-electron chi connectivity index (χ0n) is 20.5. The first-order chi connectivity index (χ1) is 15.6. The minimum absolute atomic E-state index is 0.0376. The highest BCUT2D eigenvalue weighted by molar-refractivity contribution is 7.89. The van der Waals surface area contributed by atoms with Crippen molar-refractivity contribution in [3.63, 3.8) is 0 Å². The van der Waals surface area contributed by atoms with Crippen molar-refractivity contribution in [3.8, 4) is 0 Å². The highest BCUT2D eigenvalue weighted by Gasteiger charge is 2.51. The van der Waals surface area contributed by atoms with Crippen LogP contribution >= 0.6 is 0 Å². The molecule has 0 aromatic heterocycles. The average Bonchev–Trinajstić information content (AvgIpc) is 2.71. The summed E-state index contributed by atoms with van der Waals surface area (Å²) in [7, 11) is -3.63. The van der Waals surface area contributed by atoms with Crippen LogP contribution in [0.3, 0.4) is 0 Å². The van der Waals surface area contributed by atoms with Gasteiger partial charge in [-0.05, 0) is 57.2 Å². The third-order valence-corrected chi connectivity index (χ3v) is 8.90. The fourth-order valence-electron chi connectivity index (χ4n) is 5.03. The molecule has 1 aromatic carbocycles. The zero-order chi connectivity index (χ0) is 24.2. The molecule has 2 aliphatic rings. The lowest BCUT2D eigenvalue weighted by Crippen LogP contribution is -2.71. The maximum Gasteiger partial charge on any atom is 0.247 e. The molecule has 8 heteroatoms. The molecule has 1 aromatic rings. The number of hydrogen-bond acceptors (Lipinski definition) is 4. The van der Waals surface area contributed by atoms with Gasteiger partial charge in [-0.25, -0.2) is 8.42 Å². The fraction of sp³-hybridized carbons (Fsp3) is 0.680. The second-order valence-corrected chi connectivity index (χ2v) is 12.0. The Bertz CT molecular complexity index is 970. The number of carbonyl (C=O) groups is 2. The highest BCUT2D eigenvalue weighted by Crippen LogP contribution is 2.34. The number of nitrogens with zero attached hydrogens (tertiary/aromatic N) is 2. The Morgan fingerprint density at radius 1 is 1.12 bits per heavy atom. The predicted octanol–water partition coefficient (Wildman–Crippen LogP) is 3.68. The van der Waals surface area contributed by atoms with Gasteiger partial charge in [0, 0.05) is 18.3 Å². The summed E-state index contributed by atoms with van der Waals surface area (Å²) >= 11 is 0. The lowest BCUT2D eigenvalue weighted by atomic mass is 9.91. The SMILES string of the molecule is CCCS(=O)(=O)N1CC(=O)N(c2cc(C)ccc2C)C(C)(C(=O)NC2CCCCCCC2)C1. The Balaban J connectivity index is 1.99. The minimum Gasteiger partial charge on any atom is -0.351 e. The normalized spacial score (nSPS) is 23.8. The number of rotatable bonds is 6. The molecule has 1 unspecified atom stereocenters. The van der Waals surface area contributed by atoms with E-state index in [0.717, 1.165) is 36.8 Å². The number of hydrogen-bond donors (Lipinski definition) is 1. The van der Waals surface area contributed by atoms with Gasteiger partial charge in [-0.1, -0.05) is 51.2 Å². The number of aryl methyl sites for hydroxylation is 2. The van der Waals surface area contributed by atoms with Gasteiger partial charge in [-0.15, -0.1) is 0 Å². The number of piperazine rings is 1. The van der Waals surface area contributed by atoms with E-state index in [1.54, 1.807) is 18.7 Å². The van der Waals surface area contributed by atoms with E-state index in [0.29, 0.717) is 12.1 Å². The van der Waals surface area contributed by atoms with Crippen molar-refractivity contribution >= 4 is 27.5 Å². The van der Waals surface area contributed by atoms with E-state index in [4.69, 9.17) is 0 Å². The smallest absolute Gasteiger partial charge is 0.247 e. The van der Waals surface area contributed by atoms with Crippen molar-refractivity contribution in [2.45, 2.75) is 90.6 Å². The third kappa shape index (κ3) is 5.77. The van der Waals surface area contributed by atoms with Crippen molar-refractivity contribution in [2.24, 2.45) is 0 Å². The molecular formula is C25H39N3O4S. The topological polar surface area (TPSA) is 86.8 Å². The fourth-order valence-corrected chi connectivity index (χ4v) is 6.56. The molecule has 184 valence electrons. The summed E-state index contributed by atoms with van der Waals surface area (Å²) in [5.41, 5.74) is 1.19. The lowest BCUT2D eigenvalue weighted by molar-refractivity contribution is -0.133. The summed E-state index contributed by atoms with van der Waals surface area (Å²) in [6.07, 6.45) is 7.99. The van der Waals surface area contributed by atoms with Crippen molar-refractivity contribution < 1.29 is 18.0 Å². The van der Waals surface area contributed by atoms with Gasteiger partial charge in [0.05, 0.1) is 12.3 Å². The number of benzene rings is 1. The molecule has 1 heterocycles. The predicted molar refractivity (Wildman–Crippen MR) is 132 cm³/mol. The van der Waals surface area contributed by atoms with E-state index in [-0.39, 0.29) is 36.7 Å². The first kappa shape index (κ1) is 25.7. The maximum absolute atomic E-state index is 13.8. The Labute approximate surface area is 199 Å². The molecule has 2 amide bonds. The van der Waals surface area contributed by atoms with Gasteiger partial charge in [0.15, 0.2) is 0 Å². The van der Waals surface area contributed by atoms with Gasteiger partial charge in [-0.2, -0.15) is 4.31 Å². The van der Waals surface area contributed by atoms with E-state index in [1.807, 2.05) is 32.0 Å². The molecule has 33 heavy (non-hydrogen) atoms. The highest BCUT2D eigenvalue weighted by atomic mass is 32.2. The Kier molecular flexibility index (Phi) is 8.22. The van der Waals surface area contributed by atoms with Crippen LogP contribution in [-0.4, -0.2) is 55.0 Å². The van der Waals surface area contributed by atoms with Crippen LogP contribution in [0.4, 0.5) is 5.69 Å². The van der Waals surface area contributed by atoms with Crippen LogP contribution in [0.15, 0.2) is 18.2 Å². The molecule has 1 saturated heterocycles. The molecule has 1 N–H and O–H groups in total. The number of carbonyl (C=O) groups excluding carboxylic acids is 2. The minimum atomic E-state index is -3.63. The molecule has 3 rings (SSSR count). The number of nitrogens with one attached hydrogen (secondary N) is 1. The Hall–Kier alpha value is -1.93. The van der Waals surface area contributed by atoms with Crippen LogP contribution in [0.1, 0.15) is 76.3 Å². The average molecular weight is 478 g/mol. The van der Waals surface area contributed by atoms with Gasteiger partial charge in [-0.3, -0.25) is 14.5 Å². The van der Waals surface area contributed by atoms with Gasteiger partial charge in [0.1, 0.15) is 5.54 Å². The number of sulfonamides is 1. The van der Waals surface area contributed by atoms with Crippen LogP contribution < -0.4 is 10.2 Å². The Morgan fingerprint density at radius 3 is 2.39 bits per heavy atom. The molecule has 1 aliphatic carbocycles. The summed E-state index contributed by atoms with van der Waals surface area (Å²) in [6, 6.07) is 5.86. The van der Waals surface area contributed by atoms with E-state index in [2.05, 4.69) is 5.32 Å². The Morgan fingerprint density at radius 2 is 1.76 bits per heavy atom. The van der Waals surface area contributed by atoms with Crippen molar-refractivity contribution in [2.75, 3.05) is 23.7 Å². The third-order valence-electron chi connectivity index (χ3n) is 6.93. The lowest BCUT2D eigenvalue weighted by Gasteiger charge is -2.47. The zero-order valence-corrected chi connectivity index (χ0v) is 21.3. The second kappa shape index (κ2) is 10.6. The van der Waals surface area contributed by atoms with E-state index < -0.39 is 15.6 Å². The van der Waals surface area contributed by atoms with E-state index in [1.165, 1.54) is 23.6 Å². The molecule has 1 atom stereocenters. The molecule has 0 spiro atoms. The first-order valence-corrected chi connectivity index (χ1v) is 13.9. The van der Waals surface area contributed by atoms with Crippen LogP contribution in [0.25, 0.3) is 0 Å². The first-order valence-electron chi connectivity index (χ1n) is 12.3. The van der Waals surface area contributed by atoms with Crippen LogP contribution in [0, 0.1) is 13.8 Å². The van der Waals surface area contributed by atoms with Gasteiger partial charge in [0.2, 0.25) is 21.8 Å². The molecule has 2 fully saturated rings. The van der Waals surface area contributed by atoms with Crippen molar-refractivity contribution in [1.82, 2.24) is 9.62 Å². The summed E-state index contributed by atoms with van der Waals surface area (Å²) in [5, 5.41) is 3.20. The number of anilines is 1. The largest absolute Gasteiger partial charge is 0.351 e. The van der Waals surface area contributed by atoms with Crippen molar-refractivity contribution in [1.29, 1.82) is 0 Å². The summed E-state index contributed by atoms with van der Waals surface area (Å²) in [5.74, 6) is -0.687. The van der Waals surface area contributed by atoms with Crippen LogP contribution in [-0.2, 0) is 19.6 Å². The molecule has 1 aliphatic heterocycles. The van der Waals surface area contributed by atoms with Gasteiger partial charge < -0.3 is 5.32 Å². The van der Waals surface area contributed by atoms with Crippen LogP contribution in [0.2, 0.25) is 0 Å². The summed E-state index contributed by atoms with van der Waals surface area (Å²) in [4.78, 5) is 28.8. The van der Waals surface area contributed by atoms with Gasteiger partial charge >= 0.3 is 0 Å². The second-order valence-electron chi connectivity index (χ2n) is 9.89. The van der Waals surface area contributed by atoms with Crippen molar-refractivity contribution in [3.05, 3.63) is 29.3 Å².